The summed E-state index contributed by atoms with van der Waals surface area (Å²) in [7, 11) is 0. The third-order valence-corrected chi connectivity index (χ3v) is 2.39. The molecule has 0 aromatic carbocycles. The number of rotatable bonds is 9. The maximum Gasteiger partial charge on any atom is 1.00 e. The molecule has 0 N–H and O–H groups in total. The smallest absolute Gasteiger partial charge is 0.449 e. The summed E-state index contributed by atoms with van der Waals surface area (Å²) in [5.41, 5.74) is 0. The molecule has 0 spiro atoms. The molecular formula is C10H21BF3K. The molecule has 0 saturated heterocycles. The fourth-order valence-corrected chi connectivity index (χ4v) is 1.51. The molecule has 0 nitrogen and oxygen atoms in total. The van der Waals surface area contributed by atoms with Crippen molar-refractivity contribution < 1.29 is 64.3 Å². The quantitative estimate of drug-likeness (QED) is 0.432. The van der Waals surface area contributed by atoms with Gasteiger partial charge in [0.05, 0.1) is 0 Å². The van der Waals surface area contributed by atoms with Crippen LogP contribution in [0.2, 0.25) is 6.32 Å². The Morgan fingerprint density at radius 3 is 1.53 bits per heavy atom. The molecule has 5 heteroatoms. The third kappa shape index (κ3) is 18.1. The van der Waals surface area contributed by atoms with Gasteiger partial charge in [-0.3, -0.25) is 0 Å². The average Bonchev–Trinajstić information content (AvgIpc) is 2.08. The van der Waals surface area contributed by atoms with Gasteiger partial charge in [-0.2, -0.15) is 0 Å². The van der Waals surface area contributed by atoms with Gasteiger partial charge in [-0.1, -0.05) is 64.6 Å². The minimum absolute atomic E-state index is 0. The van der Waals surface area contributed by atoms with Crippen LogP contribution in [0.25, 0.3) is 0 Å². The summed E-state index contributed by atoms with van der Waals surface area (Å²) < 4.78 is 35.4. The largest absolute Gasteiger partial charge is 1.00 e. The van der Waals surface area contributed by atoms with E-state index in [2.05, 4.69) is 6.92 Å². The van der Waals surface area contributed by atoms with E-state index < -0.39 is 13.3 Å². The minimum Gasteiger partial charge on any atom is -0.449 e. The molecule has 0 radical (unpaired) electrons. The topological polar surface area (TPSA) is 0 Å². The van der Waals surface area contributed by atoms with Crippen molar-refractivity contribution in [2.45, 2.75) is 64.6 Å². The SMILES string of the molecule is CCCCCCCCCC[B-](F)(F)F.[K+]. The molecule has 15 heavy (non-hydrogen) atoms. The van der Waals surface area contributed by atoms with Crippen LogP contribution in [0.5, 0.6) is 0 Å². The standard InChI is InChI=1S/C10H21BF3.K/c1-2-3-4-5-6-7-8-9-10-11(12,13)14;/h2-10H2,1H3;/q-1;+1. The summed E-state index contributed by atoms with van der Waals surface area (Å²) in [6, 6.07) is 0. The Hall–Kier alpha value is 1.49. The van der Waals surface area contributed by atoms with E-state index in [0.29, 0.717) is 6.42 Å². The average molecular weight is 248 g/mol. The molecule has 0 fully saturated rings. The fourth-order valence-electron chi connectivity index (χ4n) is 1.51. The van der Waals surface area contributed by atoms with Gasteiger partial charge in [0.1, 0.15) is 0 Å². The van der Waals surface area contributed by atoms with Crippen molar-refractivity contribution in [3.05, 3.63) is 0 Å². The molecule has 0 aliphatic heterocycles. The predicted octanol–water partition coefficient (Wildman–Crippen LogP) is 1.98. The Morgan fingerprint density at radius 2 is 1.13 bits per heavy atom. The van der Waals surface area contributed by atoms with Gasteiger partial charge in [0.15, 0.2) is 0 Å². The Balaban J connectivity index is 0. The number of hydrogen-bond donors (Lipinski definition) is 0. The monoisotopic (exact) mass is 248 g/mol. The summed E-state index contributed by atoms with van der Waals surface area (Å²) >= 11 is 0. The van der Waals surface area contributed by atoms with Gasteiger partial charge in [-0.05, 0) is 0 Å². The van der Waals surface area contributed by atoms with E-state index in [4.69, 9.17) is 0 Å². The van der Waals surface area contributed by atoms with E-state index in [9.17, 15) is 12.9 Å². The van der Waals surface area contributed by atoms with Gasteiger partial charge >= 0.3 is 58.4 Å². The molecular weight excluding hydrogens is 227 g/mol. The second-order valence-corrected chi connectivity index (χ2v) is 3.97. The van der Waals surface area contributed by atoms with Gasteiger partial charge in [0.25, 0.3) is 0 Å². The third-order valence-electron chi connectivity index (χ3n) is 2.39. The fraction of sp³-hybridized carbons (Fsp3) is 1.00. The van der Waals surface area contributed by atoms with Crippen molar-refractivity contribution in [2.24, 2.45) is 0 Å². The second-order valence-electron chi connectivity index (χ2n) is 3.97. The van der Waals surface area contributed by atoms with E-state index in [-0.39, 0.29) is 51.4 Å². The first-order valence-corrected chi connectivity index (χ1v) is 5.77. The Kier molecular flexibility index (Phi) is 15.0. The molecule has 0 amide bonds. The Bertz CT molecular complexity index is 128. The maximum atomic E-state index is 11.8. The van der Waals surface area contributed by atoms with Crippen molar-refractivity contribution in [1.29, 1.82) is 0 Å². The minimum atomic E-state index is -4.53. The summed E-state index contributed by atoms with van der Waals surface area (Å²) in [6.07, 6.45) is 7.49. The zero-order valence-electron chi connectivity index (χ0n) is 10.1. The van der Waals surface area contributed by atoms with Crippen LogP contribution in [0.3, 0.4) is 0 Å². The molecule has 0 atom stereocenters. The van der Waals surface area contributed by atoms with Gasteiger partial charge in [-0.15, -0.1) is 0 Å². The molecule has 0 aliphatic rings. The van der Waals surface area contributed by atoms with E-state index in [0.717, 1.165) is 19.3 Å². The van der Waals surface area contributed by atoms with Crippen LogP contribution in [0.4, 0.5) is 12.9 Å². The van der Waals surface area contributed by atoms with Crippen LogP contribution in [-0.2, 0) is 0 Å². The van der Waals surface area contributed by atoms with E-state index in [1.165, 1.54) is 25.7 Å². The molecule has 0 unspecified atom stereocenters. The van der Waals surface area contributed by atoms with Crippen LogP contribution in [0.1, 0.15) is 58.3 Å². The van der Waals surface area contributed by atoms with Gasteiger partial charge in [0.2, 0.25) is 0 Å². The van der Waals surface area contributed by atoms with Crippen LogP contribution < -0.4 is 51.4 Å². The first kappa shape index (κ1) is 18.8. The Labute approximate surface area is 134 Å². The molecule has 0 aromatic rings. The molecule has 0 bridgehead atoms. The van der Waals surface area contributed by atoms with Crippen molar-refractivity contribution in [1.82, 2.24) is 0 Å². The van der Waals surface area contributed by atoms with Crippen LogP contribution in [-0.4, -0.2) is 6.98 Å². The molecule has 0 aliphatic carbocycles. The zero-order valence-corrected chi connectivity index (χ0v) is 13.2. The van der Waals surface area contributed by atoms with E-state index in [1.54, 1.807) is 0 Å². The maximum absolute atomic E-state index is 11.8. The molecule has 86 valence electrons. The van der Waals surface area contributed by atoms with Crippen molar-refractivity contribution in [2.75, 3.05) is 0 Å². The summed E-state index contributed by atoms with van der Waals surface area (Å²) in [5.74, 6) is 0. The first-order chi connectivity index (χ1) is 6.56. The van der Waals surface area contributed by atoms with Crippen molar-refractivity contribution in [3.8, 4) is 0 Å². The van der Waals surface area contributed by atoms with Gasteiger partial charge in [-0.25, -0.2) is 0 Å². The van der Waals surface area contributed by atoms with Crippen LogP contribution in [0.15, 0.2) is 0 Å². The molecule has 0 aromatic heterocycles. The summed E-state index contributed by atoms with van der Waals surface area (Å²) in [6.45, 7) is -2.38. The number of halogens is 3. The van der Waals surface area contributed by atoms with Crippen molar-refractivity contribution in [3.63, 3.8) is 0 Å². The van der Waals surface area contributed by atoms with Gasteiger partial charge in [0, 0.05) is 0 Å². The zero-order chi connectivity index (χ0) is 10.9. The first-order valence-electron chi connectivity index (χ1n) is 5.77. The Morgan fingerprint density at radius 1 is 0.733 bits per heavy atom. The molecule has 0 heterocycles. The normalized spacial score (nSPS) is 11.2. The van der Waals surface area contributed by atoms with Crippen molar-refractivity contribution >= 4 is 6.98 Å². The number of unbranched alkanes of at least 4 members (excludes halogenated alkanes) is 7. The van der Waals surface area contributed by atoms with E-state index >= 15 is 0 Å². The molecule has 0 saturated carbocycles. The second kappa shape index (κ2) is 12.0. The van der Waals surface area contributed by atoms with E-state index in [1.807, 2.05) is 0 Å². The number of hydrogen-bond acceptors (Lipinski definition) is 0. The predicted molar refractivity (Wildman–Crippen MR) is 56.5 cm³/mol. The van der Waals surface area contributed by atoms with Crippen LogP contribution in [0, 0.1) is 0 Å². The summed E-state index contributed by atoms with van der Waals surface area (Å²) in [4.78, 5) is 0. The van der Waals surface area contributed by atoms with Gasteiger partial charge < -0.3 is 12.9 Å². The summed E-state index contributed by atoms with van der Waals surface area (Å²) in [5, 5.41) is 0. The molecule has 0 rings (SSSR count). The van der Waals surface area contributed by atoms with Crippen LogP contribution >= 0.6 is 0 Å².